The zero-order valence-electron chi connectivity index (χ0n) is 15.6. The fourth-order valence-corrected chi connectivity index (χ4v) is 3.50. The number of pyridine rings is 2. The van der Waals surface area contributed by atoms with Gasteiger partial charge in [-0.1, -0.05) is 31.2 Å². The summed E-state index contributed by atoms with van der Waals surface area (Å²) in [6.45, 7) is 1.98. The van der Waals surface area contributed by atoms with E-state index in [1.54, 1.807) is 36.1 Å². The standard InChI is InChI=1S/C23H19FN2O2/c1-3-18-12-16-6-4-9-20(15-10-11-25-21(13-15)28-2)22(16)23(27)26(18)19-8-5-7-17(24)14-19/h4-14H,3H2,1-2H3. The van der Waals surface area contributed by atoms with Crippen LogP contribution in [0.25, 0.3) is 27.6 Å². The molecule has 2 aromatic heterocycles. The highest BCUT2D eigenvalue weighted by Gasteiger charge is 2.15. The summed E-state index contributed by atoms with van der Waals surface area (Å²) in [5.74, 6) is 0.101. The fraction of sp³-hybridized carbons (Fsp3) is 0.130. The van der Waals surface area contributed by atoms with Crippen molar-refractivity contribution in [2.75, 3.05) is 7.11 Å². The van der Waals surface area contributed by atoms with Crippen LogP contribution < -0.4 is 10.3 Å². The number of ether oxygens (including phenoxy) is 1. The molecule has 0 atom stereocenters. The Morgan fingerprint density at radius 2 is 1.89 bits per heavy atom. The summed E-state index contributed by atoms with van der Waals surface area (Å²) < 4.78 is 20.6. The molecular formula is C23H19FN2O2. The summed E-state index contributed by atoms with van der Waals surface area (Å²) in [5.41, 5.74) is 2.80. The minimum atomic E-state index is -0.376. The summed E-state index contributed by atoms with van der Waals surface area (Å²) >= 11 is 0. The van der Waals surface area contributed by atoms with Crippen molar-refractivity contribution in [2.45, 2.75) is 13.3 Å². The summed E-state index contributed by atoms with van der Waals surface area (Å²) in [7, 11) is 1.56. The third-order valence-electron chi connectivity index (χ3n) is 4.81. The van der Waals surface area contributed by atoms with Gasteiger partial charge in [-0.25, -0.2) is 9.37 Å². The van der Waals surface area contributed by atoms with Crippen molar-refractivity contribution >= 4 is 10.8 Å². The van der Waals surface area contributed by atoms with Crippen molar-refractivity contribution in [3.8, 4) is 22.7 Å². The van der Waals surface area contributed by atoms with Crippen LogP contribution in [0.15, 0.2) is 71.7 Å². The van der Waals surface area contributed by atoms with E-state index in [2.05, 4.69) is 4.98 Å². The molecule has 0 fully saturated rings. The van der Waals surface area contributed by atoms with Crippen molar-refractivity contribution in [3.63, 3.8) is 0 Å². The number of fused-ring (bicyclic) bond motifs is 1. The number of halogens is 1. The maximum absolute atomic E-state index is 13.8. The smallest absolute Gasteiger partial charge is 0.263 e. The number of rotatable bonds is 4. The number of aromatic nitrogens is 2. The lowest BCUT2D eigenvalue weighted by Gasteiger charge is -2.15. The minimum Gasteiger partial charge on any atom is -0.481 e. The van der Waals surface area contributed by atoms with E-state index in [1.807, 2.05) is 37.3 Å². The van der Waals surface area contributed by atoms with Crippen molar-refractivity contribution < 1.29 is 9.13 Å². The summed E-state index contributed by atoms with van der Waals surface area (Å²) in [5, 5.41) is 1.43. The van der Waals surface area contributed by atoms with Crippen LogP contribution in [0.4, 0.5) is 4.39 Å². The number of aryl methyl sites for hydroxylation is 1. The van der Waals surface area contributed by atoms with Gasteiger partial charge in [0.1, 0.15) is 5.82 Å². The van der Waals surface area contributed by atoms with Gasteiger partial charge >= 0.3 is 0 Å². The molecule has 28 heavy (non-hydrogen) atoms. The second kappa shape index (κ2) is 7.27. The van der Waals surface area contributed by atoms with Crippen molar-refractivity contribution in [1.29, 1.82) is 0 Å². The van der Waals surface area contributed by atoms with Gasteiger partial charge in [0.05, 0.1) is 18.2 Å². The number of nitrogens with zero attached hydrogens (tertiary/aromatic N) is 2. The van der Waals surface area contributed by atoms with E-state index in [9.17, 15) is 9.18 Å². The lowest BCUT2D eigenvalue weighted by Crippen LogP contribution is -2.22. The first-order chi connectivity index (χ1) is 13.6. The maximum Gasteiger partial charge on any atom is 0.263 e. The Labute approximate surface area is 161 Å². The first-order valence-electron chi connectivity index (χ1n) is 9.06. The van der Waals surface area contributed by atoms with E-state index in [-0.39, 0.29) is 11.4 Å². The molecule has 2 aromatic carbocycles. The van der Waals surface area contributed by atoms with Crippen molar-refractivity contribution in [2.24, 2.45) is 0 Å². The lowest BCUT2D eigenvalue weighted by molar-refractivity contribution is 0.398. The molecule has 0 radical (unpaired) electrons. The number of hydrogen-bond donors (Lipinski definition) is 0. The quantitative estimate of drug-likeness (QED) is 0.517. The number of hydrogen-bond acceptors (Lipinski definition) is 3. The molecule has 4 aromatic rings. The first kappa shape index (κ1) is 17.9. The zero-order valence-corrected chi connectivity index (χ0v) is 15.6. The molecule has 0 saturated heterocycles. The molecule has 0 spiro atoms. The zero-order chi connectivity index (χ0) is 19.7. The second-order valence-corrected chi connectivity index (χ2v) is 6.47. The summed E-state index contributed by atoms with van der Waals surface area (Å²) in [6, 6.07) is 17.5. The summed E-state index contributed by atoms with van der Waals surface area (Å²) in [4.78, 5) is 17.7. The van der Waals surface area contributed by atoms with E-state index < -0.39 is 0 Å². The Kier molecular flexibility index (Phi) is 4.65. The van der Waals surface area contributed by atoms with Gasteiger partial charge in [0.2, 0.25) is 5.88 Å². The van der Waals surface area contributed by atoms with Gasteiger partial charge in [0.15, 0.2) is 0 Å². The van der Waals surface area contributed by atoms with Crippen LogP contribution in [-0.2, 0) is 6.42 Å². The largest absolute Gasteiger partial charge is 0.481 e. The van der Waals surface area contributed by atoms with Crippen molar-refractivity contribution in [1.82, 2.24) is 9.55 Å². The minimum absolute atomic E-state index is 0.175. The third kappa shape index (κ3) is 3.05. The van der Waals surface area contributed by atoms with Gasteiger partial charge in [0.25, 0.3) is 5.56 Å². The van der Waals surface area contributed by atoms with Crippen LogP contribution in [0.3, 0.4) is 0 Å². The van der Waals surface area contributed by atoms with E-state index >= 15 is 0 Å². The van der Waals surface area contributed by atoms with Crippen LogP contribution >= 0.6 is 0 Å². The monoisotopic (exact) mass is 374 g/mol. The van der Waals surface area contributed by atoms with E-state index in [0.29, 0.717) is 23.4 Å². The Morgan fingerprint density at radius 1 is 1.07 bits per heavy atom. The van der Waals surface area contributed by atoms with Crippen LogP contribution in [0, 0.1) is 5.82 Å². The Balaban J connectivity index is 2.07. The van der Waals surface area contributed by atoms with Gasteiger partial charge in [-0.3, -0.25) is 9.36 Å². The average molecular weight is 374 g/mol. The van der Waals surface area contributed by atoms with E-state index in [1.165, 1.54) is 12.1 Å². The average Bonchev–Trinajstić information content (AvgIpc) is 2.73. The molecule has 0 aliphatic heterocycles. The van der Waals surface area contributed by atoms with Gasteiger partial charge in [-0.15, -0.1) is 0 Å². The Hall–Kier alpha value is -3.47. The lowest BCUT2D eigenvalue weighted by atomic mass is 9.99. The van der Waals surface area contributed by atoms with Crippen LogP contribution in [0.5, 0.6) is 5.88 Å². The maximum atomic E-state index is 13.8. The number of methoxy groups -OCH3 is 1. The number of benzene rings is 2. The third-order valence-corrected chi connectivity index (χ3v) is 4.81. The topological polar surface area (TPSA) is 44.1 Å². The molecule has 0 saturated carbocycles. The predicted octanol–water partition coefficient (Wildman–Crippen LogP) is 4.76. The molecule has 0 amide bonds. The highest BCUT2D eigenvalue weighted by atomic mass is 19.1. The highest BCUT2D eigenvalue weighted by Crippen LogP contribution is 2.29. The molecule has 0 unspecified atom stereocenters. The molecule has 2 heterocycles. The summed E-state index contributed by atoms with van der Waals surface area (Å²) in [6.07, 6.45) is 2.30. The molecule has 0 N–H and O–H groups in total. The molecule has 0 aliphatic rings. The highest BCUT2D eigenvalue weighted by molar-refractivity contribution is 5.96. The van der Waals surface area contributed by atoms with Crippen LogP contribution in [0.1, 0.15) is 12.6 Å². The molecule has 140 valence electrons. The molecule has 4 nitrogen and oxygen atoms in total. The molecule has 4 rings (SSSR count). The van der Waals surface area contributed by atoms with Gasteiger partial charge in [-0.2, -0.15) is 0 Å². The molecular weight excluding hydrogens is 355 g/mol. The van der Waals surface area contributed by atoms with Crippen LogP contribution in [0.2, 0.25) is 0 Å². The van der Waals surface area contributed by atoms with Crippen molar-refractivity contribution in [3.05, 3.63) is 88.7 Å². The van der Waals surface area contributed by atoms with Gasteiger partial charge < -0.3 is 4.74 Å². The fourth-order valence-electron chi connectivity index (χ4n) is 3.50. The predicted molar refractivity (Wildman–Crippen MR) is 109 cm³/mol. The normalized spacial score (nSPS) is 11.0. The first-order valence-corrected chi connectivity index (χ1v) is 9.06. The Bertz CT molecular complexity index is 1230. The second-order valence-electron chi connectivity index (χ2n) is 6.47. The van der Waals surface area contributed by atoms with E-state index in [4.69, 9.17) is 4.74 Å². The molecule has 5 heteroatoms. The molecule has 0 aliphatic carbocycles. The van der Waals surface area contributed by atoms with E-state index in [0.717, 1.165) is 22.2 Å². The van der Waals surface area contributed by atoms with Gasteiger partial charge in [-0.05, 0) is 53.3 Å². The molecule has 0 bridgehead atoms. The van der Waals surface area contributed by atoms with Crippen LogP contribution in [-0.4, -0.2) is 16.7 Å². The van der Waals surface area contributed by atoms with Gasteiger partial charge in [0, 0.05) is 18.0 Å². The SMILES string of the molecule is CCc1cc2cccc(-c3ccnc(OC)c3)c2c(=O)n1-c1cccc(F)c1. The Morgan fingerprint density at radius 3 is 2.64 bits per heavy atom.